The zero-order valence-corrected chi connectivity index (χ0v) is 13.6. The summed E-state index contributed by atoms with van der Waals surface area (Å²) in [7, 11) is -3.23. The molecule has 0 saturated heterocycles. The summed E-state index contributed by atoms with van der Waals surface area (Å²) in [6.45, 7) is 5.75. The smallest absolute Gasteiger partial charge is 0.178 e. The Morgan fingerprint density at radius 1 is 1.30 bits per heavy atom. The van der Waals surface area contributed by atoms with Gasteiger partial charge in [-0.2, -0.15) is 0 Å². The zero-order chi connectivity index (χ0) is 15.0. The molecule has 20 heavy (non-hydrogen) atoms. The third-order valence-corrected chi connectivity index (χ3v) is 5.43. The maximum absolute atomic E-state index is 12.4. The molecule has 0 N–H and O–H groups in total. The quantitative estimate of drug-likeness (QED) is 0.382. The Hall–Kier alpha value is -0.800. The lowest BCUT2D eigenvalue weighted by atomic mass is 10.1. The highest BCUT2D eigenvalue weighted by Gasteiger charge is 2.18. The molecule has 0 spiro atoms. The van der Waals surface area contributed by atoms with Gasteiger partial charge in [0.25, 0.3) is 0 Å². The van der Waals surface area contributed by atoms with Crippen molar-refractivity contribution in [1.29, 1.82) is 0 Å². The Balaban J connectivity index is 3.02. The topological polar surface area (TPSA) is 34.1 Å². The monoisotopic (exact) mass is 314 g/mol. The average Bonchev–Trinajstić information content (AvgIpc) is 2.45. The van der Waals surface area contributed by atoms with E-state index in [2.05, 4.69) is 13.5 Å². The number of hydrogen-bond donors (Lipinski definition) is 0. The van der Waals surface area contributed by atoms with Crippen molar-refractivity contribution in [2.24, 2.45) is 0 Å². The first-order valence-electron chi connectivity index (χ1n) is 7.06. The van der Waals surface area contributed by atoms with Crippen LogP contribution in [-0.4, -0.2) is 14.2 Å². The van der Waals surface area contributed by atoms with Gasteiger partial charge in [0, 0.05) is 5.88 Å². The molecule has 0 atom stereocenters. The molecule has 0 aliphatic carbocycles. The van der Waals surface area contributed by atoms with Crippen LogP contribution < -0.4 is 0 Å². The van der Waals surface area contributed by atoms with Gasteiger partial charge in [0.05, 0.1) is 10.6 Å². The van der Waals surface area contributed by atoms with Crippen LogP contribution in [0.15, 0.2) is 35.7 Å². The highest BCUT2D eigenvalue weighted by Crippen LogP contribution is 2.23. The summed E-state index contributed by atoms with van der Waals surface area (Å²) in [5.74, 6) is 0.430. The second-order valence-electron chi connectivity index (χ2n) is 4.93. The van der Waals surface area contributed by atoms with Crippen molar-refractivity contribution >= 4 is 21.4 Å². The lowest BCUT2D eigenvalue weighted by molar-refractivity contribution is 0.590. The molecule has 0 saturated carbocycles. The molecule has 2 nitrogen and oxygen atoms in total. The lowest BCUT2D eigenvalue weighted by Gasteiger charge is -2.11. The first-order valence-corrected chi connectivity index (χ1v) is 9.25. The predicted molar refractivity (Wildman–Crippen MR) is 86.1 cm³/mol. The standard InChI is InChI=1S/C16H23ClO2S/c1-3-5-7-11-20(18,19)16-12-14(8-6-4-2)9-10-15(16)13-17/h4,9-10,12H,2-3,5-8,11,13H2,1H3. The summed E-state index contributed by atoms with van der Waals surface area (Å²) in [6.07, 6.45) is 6.14. The van der Waals surface area contributed by atoms with E-state index in [0.29, 0.717) is 16.9 Å². The number of rotatable bonds is 9. The largest absolute Gasteiger partial charge is 0.224 e. The van der Waals surface area contributed by atoms with Crippen LogP contribution in [0.5, 0.6) is 0 Å². The SMILES string of the molecule is C=CCCc1ccc(CCl)c(S(=O)(=O)CCCCC)c1. The van der Waals surface area contributed by atoms with E-state index in [0.717, 1.165) is 31.2 Å². The fourth-order valence-electron chi connectivity index (χ4n) is 2.08. The summed E-state index contributed by atoms with van der Waals surface area (Å²) in [6, 6.07) is 5.56. The number of benzene rings is 1. The fourth-order valence-corrected chi connectivity index (χ4v) is 4.06. The van der Waals surface area contributed by atoms with E-state index < -0.39 is 9.84 Å². The Bertz CT molecular complexity index is 535. The fraction of sp³-hybridized carbons (Fsp3) is 0.500. The van der Waals surface area contributed by atoms with E-state index in [1.807, 2.05) is 18.2 Å². The van der Waals surface area contributed by atoms with Gasteiger partial charge in [-0.1, -0.05) is 38.0 Å². The molecule has 0 radical (unpaired) electrons. The third-order valence-electron chi connectivity index (χ3n) is 3.26. The molecule has 1 rings (SSSR count). The summed E-state index contributed by atoms with van der Waals surface area (Å²) in [5.41, 5.74) is 1.72. The molecule has 0 bridgehead atoms. The maximum Gasteiger partial charge on any atom is 0.178 e. The van der Waals surface area contributed by atoms with Crippen molar-refractivity contribution in [1.82, 2.24) is 0 Å². The van der Waals surface area contributed by atoms with E-state index in [1.54, 1.807) is 6.07 Å². The van der Waals surface area contributed by atoms with Crippen LogP contribution in [0.3, 0.4) is 0 Å². The van der Waals surface area contributed by atoms with Crippen molar-refractivity contribution in [2.75, 3.05) is 5.75 Å². The van der Waals surface area contributed by atoms with E-state index in [-0.39, 0.29) is 11.6 Å². The second kappa shape index (κ2) is 8.48. The van der Waals surface area contributed by atoms with Gasteiger partial charge in [-0.3, -0.25) is 0 Å². The Labute approximate surface area is 127 Å². The van der Waals surface area contributed by atoms with E-state index >= 15 is 0 Å². The molecular formula is C16H23ClO2S. The van der Waals surface area contributed by atoms with Crippen LogP contribution in [0.25, 0.3) is 0 Å². The summed E-state index contributed by atoms with van der Waals surface area (Å²) in [5, 5.41) is 0. The maximum atomic E-state index is 12.4. The molecule has 1 aromatic carbocycles. The van der Waals surface area contributed by atoms with E-state index in [9.17, 15) is 8.42 Å². The lowest BCUT2D eigenvalue weighted by Crippen LogP contribution is -2.10. The number of sulfone groups is 1. The van der Waals surface area contributed by atoms with E-state index in [1.165, 1.54) is 0 Å². The third kappa shape index (κ3) is 4.95. The number of halogens is 1. The van der Waals surface area contributed by atoms with Gasteiger partial charge in [0.2, 0.25) is 0 Å². The van der Waals surface area contributed by atoms with E-state index in [4.69, 9.17) is 11.6 Å². The highest BCUT2D eigenvalue weighted by atomic mass is 35.5. The molecule has 1 aromatic rings. The minimum atomic E-state index is -3.23. The minimum absolute atomic E-state index is 0.204. The number of alkyl halides is 1. The van der Waals surface area contributed by atoms with Crippen LogP contribution in [0.4, 0.5) is 0 Å². The first-order chi connectivity index (χ1) is 9.55. The molecule has 0 unspecified atom stereocenters. The number of hydrogen-bond acceptors (Lipinski definition) is 2. The number of allylic oxidation sites excluding steroid dienone is 1. The van der Waals surface area contributed by atoms with Crippen LogP contribution in [0.2, 0.25) is 0 Å². The van der Waals surface area contributed by atoms with Crippen LogP contribution in [-0.2, 0) is 22.1 Å². The highest BCUT2D eigenvalue weighted by molar-refractivity contribution is 7.91. The van der Waals surface area contributed by atoms with Crippen molar-refractivity contribution < 1.29 is 8.42 Å². The summed E-state index contributed by atoms with van der Waals surface area (Å²) in [4.78, 5) is 0.408. The van der Waals surface area contributed by atoms with Crippen molar-refractivity contribution in [3.63, 3.8) is 0 Å². The molecule has 0 aromatic heterocycles. The van der Waals surface area contributed by atoms with Crippen LogP contribution in [0, 0.1) is 0 Å². The van der Waals surface area contributed by atoms with Crippen LogP contribution in [0.1, 0.15) is 43.7 Å². The van der Waals surface area contributed by atoms with Crippen molar-refractivity contribution in [3.05, 3.63) is 42.0 Å². The van der Waals surface area contributed by atoms with Gasteiger partial charge in [-0.05, 0) is 36.5 Å². The molecule has 0 amide bonds. The average molecular weight is 315 g/mol. The predicted octanol–water partition coefficient (Wildman–Crippen LogP) is 4.51. The molecule has 0 aliphatic heterocycles. The molecule has 0 heterocycles. The van der Waals surface area contributed by atoms with Gasteiger partial charge in [0.1, 0.15) is 0 Å². The molecular weight excluding hydrogens is 292 g/mol. The van der Waals surface area contributed by atoms with Gasteiger partial charge >= 0.3 is 0 Å². The Morgan fingerprint density at radius 3 is 2.65 bits per heavy atom. The Morgan fingerprint density at radius 2 is 2.05 bits per heavy atom. The van der Waals surface area contributed by atoms with Crippen molar-refractivity contribution in [3.8, 4) is 0 Å². The molecule has 0 fully saturated rings. The van der Waals surface area contributed by atoms with Gasteiger partial charge < -0.3 is 0 Å². The number of aryl methyl sites for hydroxylation is 1. The van der Waals surface area contributed by atoms with Crippen molar-refractivity contribution in [2.45, 2.75) is 49.8 Å². The van der Waals surface area contributed by atoms with Gasteiger partial charge in [-0.15, -0.1) is 18.2 Å². The van der Waals surface area contributed by atoms with Gasteiger partial charge in [-0.25, -0.2) is 8.42 Å². The summed E-state index contributed by atoms with van der Waals surface area (Å²) >= 11 is 5.88. The summed E-state index contributed by atoms with van der Waals surface area (Å²) < 4.78 is 24.9. The zero-order valence-electron chi connectivity index (χ0n) is 12.1. The first kappa shape index (κ1) is 17.3. The number of unbranched alkanes of at least 4 members (excludes halogenated alkanes) is 2. The molecule has 4 heteroatoms. The minimum Gasteiger partial charge on any atom is -0.224 e. The normalized spacial score (nSPS) is 11.5. The molecule has 112 valence electrons. The van der Waals surface area contributed by atoms with Gasteiger partial charge in [0.15, 0.2) is 9.84 Å². The second-order valence-corrected chi connectivity index (χ2v) is 7.27. The Kier molecular flexibility index (Phi) is 7.31. The van der Waals surface area contributed by atoms with Crippen LogP contribution >= 0.6 is 11.6 Å². The molecule has 0 aliphatic rings.